The zero-order valence-corrected chi connectivity index (χ0v) is 30.4. The third-order valence-corrected chi connectivity index (χ3v) is 11.0. The van der Waals surface area contributed by atoms with Gasteiger partial charge in [0.25, 0.3) is 0 Å². The zero-order chi connectivity index (χ0) is 37.5. The normalized spacial score (nSPS) is 11.9. The minimum atomic E-state index is 0.556. The third kappa shape index (κ3) is 5.01. The molecule has 0 unspecified atom stereocenters. The Bertz CT molecular complexity index is 3470. The van der Waals surface area contributed by atoms with E-state index in [1.165, 1.54) is 10.8 Å². The highest BCUT2D eigenvalue weighted by molar-refractivity contribution is 6.15. The Labute approximate surface area is 325 Å². The Morgan fingerprint density at radius 3 is 1.49 bits per heavy atom. The number of nitrogens with zero attached hydrogens (tertiary/aromatic N) is 4. The molecule has 57 heavy (non-hydrogen) atoms. The summed E-state index contributed by atoms with van der Waals surface area (Å²) in [6, 6.07) is 62.8. The quantitative estimate of drug-likeness (QED) is 0.176. The van der Waals surface area contributed by atoms with E-state index in [-0.39, 0.29) is 0 Å². The average Bonchev–Trinajstić information content (AvgIpc) is 3.95. The summed E-state index contributed by atoms with van der Waals surface area (Å²) >= 11 is 0. The van der Waals surface area contributed by atoms with Crippen LogP contribution in [0.4, 0.5) is 0 Å². The van der Waals surface area contributed by atoms with Gasteiger partial charge in [-0.3, -0.25) is 0 Å². The van der Waals surface area contributed by atoms with E-state index in [9.17, 15) is 0 Å². The number of fused-ring (bicyclic) bond motifs is 9. The Hall–Kier alpha value is -7.83. The van der Waals surface area contributed by atoms with Crippen molar-refractivity contribution in [3.8, 4) is 51.0 Å². The van der Waals surface area contributed by atoms with Crippen molar-refractivity contribution in [3.05, 3.63) is 182 Å². The highest BCUT2D eigenvalue weighted by atomic mass is 16.3. The Morgan fingerprint density at radius 1 is 0.333 bits per heavy atom. The third-order valence-electron chi connectivity index (χ3n) is 11.0. The molecule has 0 atom stereocenters. The van der Waals surface area contributed by atoms with Crippen molar-refractivity contribution >= 4 is 65.7 Å². The second-order valence-corrected chi connectivity index (χ2v) is 14.4. The van der Waals surface area contributed by atoms with Crippen LogP contribution in [0.15, 0.2) is 191 Å². The number of para-hydroxylation sites is 3. The molecule has 0 aliphatic rings. The number of hydrogen-bond acceptors (Lipinski definition) is 5. The molecule has 12 aromatic rings. The number of aromatic nitrogens is 4. The largest absolute Gasteiger partial charge is 0.456 e. The molecule has 6 nitrogen and oxygen atoms in total. The van der Waals surface area contributed by atoms with E-state index in [1.54, 1.807) is 0 Å². The van der Waals surface area contributed by atoms with Crippen LogP contribution in [0, 0.1) is 0 Å². The van der Waals surface area contributed by atoms with Crippen LogP contribution in [-0.2, 0) is 0 Å². The van der Waals surface area contributed by atoms with E-state index in [4.69, 9.17) is 23.8 Å². The molecular formula is C51H30N4O2. The monoisotopic (exact) mass is 730 g/mol. The first-order valence-electron chi connectivity index (χ1n) is 19.0. The number of rotatable bonds is 5. The van der Waals surface area contributed by atoms with Gasteiger partial charge in [0.05, 0.1) is 16.7 Å². The first-order valence-corrected chi connectivity index (χ1v) is 19.0. The molecule has 266 valence electrons. The topological polar surface area (TPSA) is 69.9 Å². The molecule has 4 heterocycles. The second kappa shape index (κ2) is 12.3. The molecule has 4 aromatic heterocycles. The number of benzene rings is 8. The zero-order valence-electron chi connectivity index (χ0n) is 30.4. The highest BCUT2D eigenvalue weighted by Crippen LogP contribution is 2.42. The van der Waals surface area contributed by atoms with E-state index in [0.29, 0.717) is 17.5 Å². The summed E-state index contributed by atoms with van der Waals surface area (Å²) in [5, 5.41) is 6.65. The van der Waals surface area contributed by atoms with Crippen molar-refractivity contribution in [2.75, 3.05) is 0 Å². The molecule has 0 radical (unpaired) electrons. The molecule has 0 amide bonds. The highest BCUT2D eigenvalue weighted by Gasteiger charge is 2.20. The van der Waals surface area contributed by atoms with Gasteiger partial charge in [-0.05, 0) is 59.7 Å². The fourth-order valence-electron chi connectivity index (χ4n) is 8.42. The van der Waals surface area contributed by atoms with Gasteiger partial charge in [-0.2, -0.15) is 0 Å². The van der Waals surface area contributed by atoms with Crippen LogP contribution in [0.1, 0.15) is 0 Å². The summed E-state index contributed by atoms with van der Waals surface area (Å²) in [7, 11) is 0. The van der Waals surface area contributed by atoms with Gasteiger partial charge >= 0.3 is 0 Å². The van der Waals surface area contributed by atoms with Crippen LogP contribution >= 0.6 is 0 Å². The minimum absolute atomic E-state index is 0.556. The first-order chi connectivity index (χ1) is 28.2. The van der Waals surface area contributed by atoms with Gasteiger partial charge in [0.15, 0.2) is 17.5 Å². The van der Waals surface area contributed by atoms with Crippen molar-refractivity contribution < 1.29 is 8.83 Å². The van der Waals surface area contributed by atoms with Crippen LogP contribution < -0.4 is 0 Å². The van der Waals surface area contributed by atoms with Crippen LogP contribution in [-0.4, -0.2) is 19.5 Å². The molecule has 0 fully saturated rings. The van der Waals surface area contributed by atoms with Gasteiger partial charge in [-0.15, -0.1) is 0 Å². The summed E-state index contributed by atoms with van der Waals surface area (Å²) in [4.78, 5) is 15.1. The van der Waals surface area contributed by atoms with Crippen LogP contribution in [0.25, 0.3) is 117 Å². The minimum Gasteiger partial charge on any atom is -0.456 e. The number of furan rings is 2. The molecule has 12 rings (SSSR count). The van der Waals surface area contributed by atoms with Gasteiger partial charge in [0.2, 0.25) is 0 Å². The van der Waals surface area contributed by atoms with Gasteiger partial charge < -0.3 is 13.4 Å². The molecule has 0 spiro atoms. The summed E-state index contributed by atoms with van der Waals surface area (Å²) in [6.07, 6.45) is 0. The molecule has 0 aliphatic carbocycles. The molecule has 0 saturated heterocycles. The van der Waals surface area contributed by atoms with E-state index in [2.05, 4.69) is 132 Å². The van der Waals surface area contributed by atoms with Gasteiger partial charge in [0.1, 0.15) is 22.3 Å². The summed E-state index contributed by atoms with van der Waals surface area (Å²) in [5.41, 5.74) is 11.3. The second-order valence-electron chi connectivity index (χ2n) is 14.4. The molecular weight excluding hydrogens is 701 g/mol. The average molecular weight is 731 g/mol. The molecule has 8 aromatic carbocycles. The van der Waals surface area contributed by atoms with Crippen molar-refractivity contribution in [2.24, 2.45) is 0 Å². The lowest BCUT2D eigenvalue weighted by atomic mass is 9.98. The summed E-state index contributed by atoms with van der Waals surface area (Å²) in [5.74, 6) is 1.71. The van der Waals surface area contributed by atoms with Crippen LogP contribution in [0.5, 0.6) is 0 Å². The number of hydrogen-bond donors (Lipinski definition) is 0. The van der Waals surface area contributed by atoms with E-state index in [1.807, 2.05) is 54.6 Å². The Kier molecular flexibility index (Phi) is 6.83. The SMILES string of the molecule is c1ccc(-c2nc(-c3ccc4c(c3)oc3ccccc34)nc(-c3ccc4c(c3)oc3cc(-n5c6ccccc6c6ccccc65)cc(-c5ccccc5)c34)n2)cc1. The van der Waals surface area contributed by atoms with Crippen LogP contribution in [0.3, 0.4) is 0 Å². The van der Waals surface area contributed by atoms with Crippen molar-refractivity contribution in [3.63, 3.8) is 0 Å². The summed E-state index contributed by atoms with van der Waals surface area (Å²) < 4.78 is 15.4. The standard InChI is InChI=1S/C51H30N4O2/c1-3-13-31(14-4-1)41-29-35(55-42-20-10-7-17-36(42)37-18-8-11-21-43(37)55)30-47-48(41)40-26-24-34(28-46(40)57-47)51-53-49(32-15-5-2-6-16-32)52-50(54-51)33-23-25-39-38-19-9-12-22-44(38)56-45(39)27-33/h1-30H. The molecule has 0 aliphatic heterocycles. The lowest BCUT2D eigenvalue weighted by molar-refractivity contribution is 0.668. The van der Waals surface area contributed by atoms with Crippen molar-refractivity contribution in [2.45, 2.75) is 0 Å². The van der Waals surface area contributed by atoms with Gasteiger partial charge in [0, 0.05) is 55.1 Å². The predicted molar refractivity (Wildman–Crippen MR) is 230 cm³/mol. The first kappa shape index (κ1) is 31.5. The van der Waals surface area contributed by atoms with Crippen LogP contribution in [0.2, 0.25) is 0 Å². The smallest absolute Gasteiger partial charge is 0.164 e. The maximum Gasteiger partial charge on any atom is 0.164 e. The summed E-state index contributed by atoms with van der Waals surface area (Å²) in [6.45, 7) is 0. The lowest BCUT2D eigenvalue weighted by Crippen LogP contribution is -2.00. The van der Waals surface area contributed by atoms with E-state index < -0.39 is 0 Å². The van der Waals surface area contributed by atoms with E-state index in [0.717, 1.165) is 88.4 Å². The maximum atomic E-state index is 6.85. The fraction of sp³-hybridized carbons (Fsp3) is 0. The van der Waals surface area contributed by atoms with Gasteiger partial charge in [-0.25, -0.2) is 15.0 Å². The Morgan fingerprint density at radius 2 is 0.825 bits per heavy atom. The van der Waals surface area contributed by atoms with Crippen molar-refractivity contribution in [1.29, 1.82) is 0 Å². The van der Waals surface area contributed by atoms with E-state index >= 15 is 0 Å². The predicted octanol–water partition coefficient (Wildman–Crippen LogP) is 13.4. The Balaban J connectivity index is 1.06. The lowest BCUT2D eigenvalue weighted by Gasteiger charge is -2.12. The fourth-order valence-corrected chi connectivity index (χ4v) is 8.42. The molecule has 0 N–H and O–H groups in total. The van der Waals surface area contributed by atoms with Crippen molar-refractivity contribution in [1.82, 2.24) is 19.5 Å². The molecule has 0 bridgehead atoms. The molecule has 0 saturated carbocycles. The molecule has 6 heteroatoms. The maximum absolute atomic E-state index is 6.85. The van der Waals surface area contributed by atoms with Gasteiger partial charge in [-0.1, -0.05) is 127 Å².